The molecule has 1 heterocycles. The van der Waals surface area contributed by atoms with E-state index in [0.29, 0.717) is 39.4 Å². The molecule has 0 atom stereocenters. The maximum Gasteiger partial charge on any atom is 0.337 e. The van der Waals surface area contributed by atoms with E-state index in [2.05, 4.69) is 16.2 Å². The van der Waals surface area contributed by atoms with Crippen molar-refractivity contribution in [2.24, 2.45) is 4.99 Å². The molecule has 2 aromatic carbocycles. The van der Waals surface area contributed by atoms with E-state index in [1.807, 2.05) is 6.92 Å². The van der Waals surface area contributed by atoms with Crippen LogP contribution in [0.1, 0.15) is 22.8 Å². The number of carbonyl (C=O) groups excluding carboxylic acids is 1. The minimum absolute atomic E-state index is 0.0343. The predicted octanol–water partition coefficient (Wildman–Crippen LogP) is 4.99. The van der Waals surface area contributed by atoms with Crippen LogP contribution in [-0.2, 0) is 4.79 Å². The third-order valence-electron chi connectivity index (χ3n) is 3.99. The highest BCUT2D eigenvalue weighted by molar-refractivity contribution is 8.18. The lowest BCUT2D eigenvalue weighted by Gasteiger charge is -2.13. The van der Waals surface area contributed by atoms with Crippen molar-refractivity contribution in [3.63, 3.8) is 0 Å². The van der Waals surface area contributed by atoms with Crippen molar-refractivity contribution >= 4 is 63.8 Å². The van der Waals surface area contributed by atoms with Gasteiger partial charge in [0.05, 0.1) is 32.8 Å². The average Bonchev–Trinajstić information content (AvgIpc) is 3.07. The minimum atomic E-state index is -1.17. The normalized spacial score (nSPS) is 15.5. The standard InChI is InChI=1S/C22H16Cl2N2O5S/c1-3-7-31-19-16(24)8-12(9-17(19)30-4-2)10-18-20(27)26-22(32-18)25-13-5-6-15(23)14(11-13)21(28)29/h1,5-6,8-11H,4,7H2,2H3,(H,28,29)(H,25,26,27). The van der Waals surface area contributed by atoms with Gasteiger partial charge in [0, 0.05) is 0 Å². The second kappa shape index (κ2) is 10.5. The van der Waals surface area contributed by atoms with Gasteiger partial charge >= 0.3 is 5.97 Å². The number of hydrogen-bond acceptors (Lipinski definition) is 6. The van der Waals surface area contributed by atoms with Gasteiger partial charge in [-0.1, -0.05) is 29.1 Å². The fraction of sp³-hybridized carbons (Fsp3) is 0.136. The molecule has 0 aliphatic carbocycles. The number of halogens is 2. The second-order valence-electron chi connectivity index (χ2n) is 6.21. The Labute approximate surface area is 198 Å². The molecule has 1 saturated heterocycles. The van der Waals surface area contributed by atoms with Crippen molar-refractivity contribution < 1.29 is 24.2 Å². The number of thioether (sulfide) groups is 1. The number of benzene rings is 2. The van der Waals surface area contributed by atoms with Crippen molar-refractivity contribution in [2.45, 2.75) is 6.92 Å². The Kier molecular flexibility index (Phi) is 7.70. The van der Waals surface area contributed by atoms with Crippen LogP contribution in [0.4, 0.5) is 5.69 Å². The van der Waals surface area contributed by atoms with Gasteiger partial charge in [-0.2, -0.15) is 0 Å². The molecule has 3 rings (SSSR count). The summed E-state index contributed by atoms with van der Waals surface area (Å²) in [5.74, 6) is 1.58. The number of hydrogen-bond donors (Lipinski definition) is 2. The molecule has 0 aromatic heterocycles. The quantitative estimate of drug-likeness (QED) is 0.418. The lowest BCUT2D eigenvalue weighted by atomic mass is 10.2. The highest BCUT2D eigenvalue weighted by Crippen LogP contribution is 2.38. The molecule has 2 aromatic rings. The van der Waals surface area contributed by atoms with E-state index >= 15 is 0 Å². The first kappa shape index (κ1) is 23.5. The molecule has 0 radical (unpaired) electrons. The zero-order valence-electron chi connectivity index (χ0n) is 16.6. The summed E-state index contributed by atoms with van der Waals surface area (Å²) in [7, 11) is 0. The predicted molar refractivity (Wildman–Crippen MR) is 126 cm³/mol. The monoisotopic (exact) mass is 490 g/mol. The second-order valence-corrected chi connectivity index (χ2v) is 8.05. The van der Waals surface area contributed by atoms with Crippen LogP contribution in [0.5, 0.6) is 11.5 Å². The van der Waals surface area contributed by atoms with Crippen LogP contribution >= 0.6 is 35.0 Å². The molecule has 0 saturated carbocycles. The number of aromatic carboxylic acids is 1. The Morgan fingerprint density at radius 2 is 2.06 bits per heavy atom. The third kappa shape index (κ3) is 5.56. The van der Waals surface area contributed by atoms with Crippen LogP contribution in [0.25, 0.3) is 6.08 Å². The van der Waals surface area contributed by atoms with E-state index in [9.17, 15) is 14.7 Å². The zero-order chi connectivity index (χ0) is 23.3. The van der Waals surface area contributed by atoms with E-state index in [0.717, 1.165) is 11.8 Å². The SMILES string of the molecule is C#CCOc1c(Cl)cc(C=C2SC(=Nc3ccc(Cl)c(C(=O)O)c3)NC2=O)cc1OCC. The smallest absolute Gasteiger partial charge is 0.337 e. The van der Waals surface area contributed by atoms with E-state index in [1.165, 1.54) is 12.1 Å². The van der Waals surface area contributed by atoms with E-state index in [-0.39, 0.29) is 28.1 Å². The molecular formula is C22H16Cl2N2O5S. The van der Waals surface area contributed by atoms with Gasteiger partial charge in [0.1, 0.15) is 6.61 Å². The van der Waals surface area contributed by atoms with Gasteiger partial charge in [0.2, 0.25) is 0 Å². The van der Waals surface area contributed by atoms with Crippen molar-refractivity contribution in [2.75, 3.05) is 13.2 Å². The summed E-state index contributed by atoms with van der Waals surface area (Å²) in [4.78, 5) is 28.3. The van der Waals surface area contributed by atoms with Crippen molar-refractivity contribution in [1.82, 2.24) is 5.32 Å². The molecule has 164 valence electrons. The third-order valence-corrected chi connectivity index (χ3v) is 5.51. The zero-order valence-corrected chi connectivity index (χ0v) is 19.0. The molecule has 1 amide bonds. The molecule has 1 aliphatic rings. The topological polar surface area (TPSA) is 97.2 Å². The van der Waals surface area contributed by atoms with E-state index in [4.69, 9.17) is 39.1 Å². The fourth-order valence-corrected chi connectivity index (χ4v) is 4.00. The first-order valence-electron chi connectivity index (χ1n) is 9.17. The molecule has 7 nitrogen and oxygen atoms in total. The number of terminal acetylenes is 1. The molecule has 0 unspecified atom stereocenters. The van der Waals surface area contributed by atoms with Gasteiger partial charge in [-0.25, -0.2) is 9.79 Å². The van der Waals surface area contributed by atoms with Crippen LogP contribution in [0.3, 0.4) is 0 Å². The van der Waals surface area contributed by atoms with Crippen LogP contribution in [0, 0.1) is 12.3 Å². The van der Waals surface area contributed by atoms with Gasteiger partial charge in [-0.3, -0.25) is 4.79 Å². The van der Waals surface area contributed by atoms with Gasteiger partial charge < -0.3 is 19.9 Å². The molecule has 2 N–H and O–H groups in total. The van der Waals surface area contributed by atoms with Crippen molar-refractivity contribution in [3.05, 3.63) is 56.4 Å². The lowest BCUT2D eigenvalue weighted by molar-refractivity contribution is -0.115. The van der Waals surface area contributed by atoms with Crippen LogP contribution in [0.2, 0.25) is 10.0 Å². The number of amides is 1. The minimum Gasteiger partial charge on any atom is -0.490 e. The summed E-state index contributed by atoms with van der Waals surface area (Å²) in [6.07, 6.45) is 6.87. The Morgan fingerprint density at radius 1 is 1.28 bits per heavy atom. The Hall–Kier alpha value is -3.12. The average molecular weight is 491 g/mol. The maximum atomic E-state index is 12.4. The van der Waals surface area contributed by atoms with Gasteiger partial charge in [-0.15, -0.1) is 6.42 Å². The fourth-order valence-electron chi connectivity index (χ4n) is 2.68. The summed E-state index contributed by atoms with van der Waals surface area (Å²) in [6, 6.07) is 7.64. The largest absolute Gasteiger partial charge is 0.490 e. The number of carboxylic acid groups (broad SMARTS) is 1. The molecular weight excluding hydrogens is 475 g/mol. The maximum absolute atomic E-state index is 12.4. The van der Waals surface area contributed by atoms with Gasteiger partial charge in [-0.05, 0) is 60.7 Å². The highest BCUT2D eigenvalue weighted by Gasteiger charge is 2.24. The van der Waals surface area contributed by atoms with Crippen LogP contribution in [0.15, 0.2) is 40.2 Å². The number of ether oxygens (including phenoxy) is 2. The number of carbonyl (C=O) groups is 2. The molecule has 32 heavy (non-hydrogen) atoms. The van der Waals surface area contributed by atoms with Crippen LogP contribution < -0.4 is 14.8 Å². The summed E-state index contributed by atoms with van der Waals surface area (Å²) in [5.41, 5.74) is 0.876. The van der Waals surface area contributed by atoms with E-state index in [1.54, 1.807) is 24.3 Å². The lowest BCUT2D eigenvalue weighted by Crippen LogP contribution is -2.19. The number of aliphatic imine (C=N–C) groups is 1. The van der Waals surface area contributed by atoms with Crippen molar-refractivity contribution in [3.8, 4) is 23.8 Å². The summed E-state index contributed by atoms with van der Waals surface area (Å²) in [6.45, 7) is 2.24. The Morgan fingerprint density at radius 3 is 2.75 bits per heavy atom. The summed E-state index contributed by atoms with van der Waals surface area (Å²) < 4.78 is 11.1. The Balaban J connectivity index is 1.88. The number of rotatable bonds is 7. The summed E-state index contributed by atoms with van der Waals surface area (Å²) >= 11 is 13.3. The van der Waals surface area contributed by atoms with Crippen molar-refractivity contribution in [1.29, 1.82) is 0 Å². The van der Waals surface area contributed by atoms with Gasteiger partial charge in [0.25, 0.3) is 5.91 Å². The number of nitrogens with zero attached hydrogens (tertiary/aromatic N) is 1. The molecule has 1 fully saturated rings. The summed E-state index contributed by atoms with van der Waals surface area (Å²) in [5, 5.41) is 12.5. The van der Waals surface area contributed by atoms with E-state index < -0.39 is 5.97 Å². The molecule has 1 aliphatic heterocycles. The molecule has 10 heteroatoms. The number of carboxylic acids is 1. The number of nitrogens with one attached hydrogen (secondary N) is 1. The molecule has 0 spiro atoms. The van der Waals surface area contributed by atoms with Crippen LogP contribution in [-0.4, -0.2) is 35.4 Å². The highest BCUT2D eigenvalue weighted by atomic mass is 35.5. The molecule has 0 bridgehead atoms. The Bertz CT molecular complexity index is 1190. The van der Waals surface area contributed by atoms with Gasteiger partial charge in [0.15, 0.2) is 16.7 Å². The first-order chi connectivity index (χ1) is 15.3. The first-order valence-corrected chi connectivity index (χ1v) is 10.7. The number of amidine groups is 1.